The van der Waals surface area contributed by atoms with Crippen molar-refractivity contribution < 1.29 is 8.81 Å². The van der Waals surface area contributed by atoms with E-state index in [2.05, 4.69) is 10.3 Å². The lowest BCUT2D eigenvalue weighted by molar-refractivity contribution is 0.490. The van der Waals surface area contributed by atoms with Crippen LogP contribution in [0.15, 0.2) is 47.0 Å². The molecule has 3 nitrogen and oxygen atoms in total. The predicted octanol–water partition coefficient (Wildman–Crippen LogP) is 3.58. The molecule has 20 heavy (non-hydrogen) atoms. The Bertz CT molecular complexity index is 734. The maximum atomic E-state index is 13.2. The number of aromatic nitrogens is 1. The maximum Gasteiger partial charge on any atom is 0.134 e. The highest BCUT2D eigenvalue weighted by Gasteiger charge is 2.17. The van der Waals surface area contributed by atoms with E-state index >= 15 is 0 Å². The van der Waals surface area contributed by atoms with Crippen LogP contribution in [-0.2, 0) is 0 Å². The first-order valence-electron chi connectivity index (χ1n) is 6.46. The standard InChI is InChI=1S/C16H15FN2O/c1-10-3-4-11(9-19-10)16(18-2)15-8-12-7-13(17)5-6-14(12)20-15/h3-9,16,18H,1-2H3. The molecule has 0 aliphatic carbocycles. The second kappa shape index (κ2) is 5.06. The fourth-order valence-corrected chi connectivity index (χ4v) is 2.30. The lowest BCUT2D eigenvalue weighted by Crippen LogP contribution is -2.17. The van der Waals surface area contributed by atoms with E-state index < -0.39 is 0 Å². The Morgan fingerprint density at radius 3 is 2.75 bits per heavy atom. The van der Waals surface area contributed by atoms with Gasteiger partial charge in [0.25, 0.3) is 0 Å². The molecule has 0 amide bonds. The van der Waals surface area contributed by atoms with E-state index in [9.17, 15) is 4.39 Å². The van der Waals surface area contributed by atoms with Crippen molar-refractivity contribution in [2.24, 2.45) is 0 Å². The number of furan rings is 1. The molecule has 0 fully saturated rings. The van der Waals surface area contributed by atoms with Crippen LogP contribution in [0.3, 0.4) is 0 Å². The van der Waals surface area contributed by atoms with Gasteiger partial charge in [-0.25, -0.2) is 4.39 Å². The topological polar surface area (TPSA) is 38.1 Å². The van der Waals surface area contributed by atoms with E-state index in [0.717, 1.165) is 22.4 Å². The first-order chi connectivity index (χ1) is 9.67. The molecular formula is C16H15FN2O. The van der Waals surface area contributed by atoms with Crippen molar-refractivity contribution >= 4 is 11.0 Å². The van der Waals surface area contributed by atoms with Gasteiger partial charge >= 0.3 is 0 Å². The predicted molar refractivity (Wildman–Crippen MR) is 76.0 cm³/mol. The van der Waals surface area contributed by atoms with Crippen molar-refractivity contribution in [3.8, 4) is 0 Å². The average Bonchev–Trinajstić information content (AvgIpc) is 2.84. The minimum Gasteiger partial charge on any atom is -0.459 e. The molecular weight excluding hydrogens is 255 g/mol. The summed E-state index contributed by atoms with van der Waals surface area (Å²) in [6.07, 6.45) is 1.82. The lowest BCUT2D eigenvalue weighted by Gasteiger charge is -2.13. The minimum absolute atomic E-state index is 0.0986. The smallest absolute Gasteiger partial charge is 0.134 e. The van der Waals surface area contributed by atoms with Crippen LogP contribution in [0.1, 0.15) is 23.1 Å². The molecule has 1 atom stereocenters. The summed E-state index contributed by atoms with van der Waals surface area (Å²) in [6.45, 7) is 1.95. The van der Waals surface area contributed by atoms with Gasteiger partial charge in [-0.15, -0.1) is 0 Å². The molecule has 0 aliphatic rings. The van der Waals surface area contributed by atoms with Crippen molar-refractivity contribution in [3.63, 3.8) is 0 Å². The van der Waals surface area contributed by atoms with Crippen LogP contribution in [0.25, 0.3) is 11.0 Å². The number of benzene rings is 1. The number of fused-ring (bicyclic) bond motifs is 1. The summed E-state index contributed by atoms with van der Waals surface area (Å²) in [5.74, 6) is 0.488. The zero-order chi connectivity index (χ0) is 14.1. The summed E-state index contributed by atoms with van der Waals surface area (Å²) in [4.78, 5) is 4.30. The highest BCUT2D eigenvalue weighted by molar-refractivity contribution is 5.78. The van der Waals surface area contributed by atoms with Crippen molar-refractivity contribution in [1.29, 1.82) is 0 Å². The first kappa shape index (κ1) is 12.8. The van der Waals surface area contributed by atoms with Crippen LogP contribution < -0.4 is 5.32 Å². The van der Waals surface area contributed by atoms with Crippen molar-refractivity contribution in [3.05, 3.63) is 65.4 Å². The molecule has 4 heteroatoms. The van der Waals surface area contributed by atoms with Gasteiger partial charge < -0.3 is 9.73 Å². The third kappa shape index (κ3) is 2.30. The normalized spacial score (nSPS) is 12.8. The first-order valence-corrected chi connectivity index (χ1v) is 6.46. The van der Waals surface area contributed by atoms with Crippen molar-refractivity contribution in [1.82, 2.24) is 10.3 Å². The molecule has 0 bridgehead atoms. The van der Waals surface area contributed by atoms with Gasteiger partial charge in [0.05, 0.1) is 6.04 Å². The van der Waals surface area contributed by atoms with E-state index in [1.165, 1.54) is 12.1 Å². The van der Waals surface area contributed by atoms with E-state index in [-0.39, 0.29) is 11.9 Å². The summed E-state index contributed by atoms with van der Waals surface area (Å²) >= 11 is 0. The Kier molecular flexibility index (Phi) is 3.24. The van der Waals surface area contributed by atoms with E-state index in [1.807, 2.05) is 38.4 Å². The quantitative estimate of drug-likeness (QED) is 0.790. The largest absolute Gasteiger partial charge is 0.459 e. The fourth-order valence-electron chi connectivity index (χ4n) is 2.30. The minimum atomic E-state index is -0.261. The summed E-state index contributed by atoms with van der Waals surface area (Å²) in [5.41, 5.74) is 2.66. The van der Waals surface area contributed by atoms with Gasteiger partial charge in [-0.05, 0) is 49.9 Å². The average molecular weight is 270 g/mol. The van der Waals surface area contributed by atoms with Crippen LogP contribution >= 0.6 is 0 Å². The second-order valence-electron chi connectivity index (χ2n) is 4.79. The number of halogens is 1. The van der Waals surface area contributed by atoms with Crippen LogP contribution in [-0.4, -0.2) is 12.0 Å². The molecule has 2 heterocycles. The zero-order valence-electron chi connectivity index (χ0n) is 11.4. The third-order valence-electron chi connectivity index (χ3n) is 3.34. The summed E-state index contributed by atoms with van der Waals surface area (Å²) < 4.78 is 19.0. The molecule has 3 aromatic rings. The summed E-state index contributed by atoms with van der Waals surface area (Å²) in [7, 11) is 1.86. The van der Waals surface area contributed by atoms with Gasteiger partial charge in [-0.3, -0.25) is 4.98 Å². The Morgan fingerprint density at radius 1 is 1.20 bits per heavy atom. The molecule has 1 N–H and O–H groups in total. The summed E-state index contributed by atoms with van der Waals surface area (Å²) in [5, 5.41) is 3.97. The van der Waals surface area contributed by atoms with E-state index in [0.29, 0.717) is 5.58 Å². The van der Waals surface area contributed by atoms with E-state index in [1.54, 1.807) is 6.07 Å². The van der Waals surface area contributed by atoms with Gasteiger partial charge in [0.2, 0.25) is 0 Å². The Balaban J connectivity index is 2.04. The third-order valence-corrected chi connectivity index (χ3v) is 3.34. The molecule has 0 saturated heterocycles. The molecule has 2 aromatic heterocycles. The SMILES string of the molecule is CNC(c1ccc(C)nc1)c1cc2cc(F)ccc2o1. The molecule has 0 aliphatic heterocycles. The maximum absolute atomic E-state index is 13.2. The number of rotatable bonds is 3. The molecule has 0 spiro atoms. The molecule has 1 unspecified atom stereocenters. The van der Waals surface area contributed by atoms with Gasteiger partial charge in [-0.2, -0.15) is 0 Å². The van der Waals surface area contributed by atoms with Crippen molar-refractivity contribution in [2.75, 3.05) is 7.05 Å². The highest BCUT2D eigenvalue weighted by atomic mass is 19.1. The molecule has 1 aromatic carbocycles. The molecule has 0 radical (unpaired) electrons. The number of hydrogen-bond acceptors (Lipinski definition) is 3. The van der Waals surface area contributed by atoms with Crippen LogP contribution in [0, 0.1) is 12.7 Å². The number of hydrogen-bond donors (Lipinski definition) is 1. The van der Waals surface area contributed by atoms with E-state index in [4.69, 9.17) is 4.42 Å². The van der Waals surface area contributed by atoms with Crippen LogP contribution in [0.5, 0.6) is 0 Å². The molecule has 0 saturated carbocycles. The van der Waals surface area contributed by atoms with Gasteiger partial charge in [0, 0.05) is 17.3 Å². The molecule has 102 valence electrons. The summed E-state index contributed by atoms with van der Waals surface area (Å²) in [6, 6.07) is 10.3. The number of nitrogens with one attached hydrogen (secondary N) is 1. The van der Waals surface area contributed by atoms with Crippen LogP contribution in [0.2, 0.25) is 0 Å². The van der Waals surface area contributed by atoms with Crippen molar-refractivity contribution in [2.45, 2.75) is 13.0 Å². The number of nitrogens with zero attached hydrogens (tertiary/aromatic N) is 1. The van der Waals surface area contributed by atoms with Crippen LogP contribution in [0.4, 0.5) is 4.39 Å². The zero-order valence-corrected chi connectivity index (χ0v) is 11.4. The Hall–Kier alpha value is -2.20. The van der Waals surface area contributed by atoms with Gasteiger partial charge in [0.15, 0.2) is 0 Å². The Labute approximate surface area is 116 Å². The molecule has 3 rings (SSSR count). The van der Waals surface area contributed by atoms with Gasteiger partial charge in [0.1, 0.15) is 17.2 Å². The lowest BCUT2D eigenvalue weighted by atomic mass is 10.1. The second-order valence-corrected chi connectivity index (χ2v) is 4.79. The Morgan fingerprint density at radius 2 is 2.05 bits per heavy atom. The highest BCUT2D eigenvalue weighted by Crippen LogP contribution is 2.28. The number of pyridine rings is 1. The fraction of sp³-hybridized carbons (Fsp3) is 0.188. The number of aryl methyl sites for hydroxylation is 1. The van der Waals surface area contributed by atoms with Gasteiger partial charge in [-0.1, -0.05) is 6.07 Å². The monoisotopic (exact) mass is 270 g/mol.